The van der Waals surface area contributed by atoms with Gasteiger partial charge in [0, 0.05) is 13.1 Å². The van der Waals surface area contributed by atoms with E-state index in [1.807, 2.05) is 0 Å². The Morgan fingerprint density at radius 2 is 1.90 bits per heavy atom. The Kier molecular flexibility index (Phi) is 5.00. The normalized spacial score (nSPS) is 28.9. The molecule has 0 aromatic carbocycles. The van der Waals surface area contributed by atoms with Crippen LogP contribution >= 0.6 is 0 Å². The van der Waals surface area contributed by atoms with E-state index in [-0.39, 0.29) is 19.3 Å². The van der Waals surface area contributed by atoms with Gasteiger partial charge in [-0.3, -0.25) is 4.79 Å². The fourth-order valence-electron chi connectivity index (χ4n) is 2.83. The third kappa shape index (κ3) is 3.49. The molecule has 2 aliphatic rings. The lowest BCUT2D eigenvalue weighted by molar-refractivity contribution is -0.142. The predicted molar refractivity (Wildman–Crippen MR) is 72.4 cm³/mol. The molecule has 8 heteroatoms. The van der Waals surface area contributed by atoms with Crippen LogP contribution in [-0.2, 0) is 19.7 Å². The van der Waals surface area contributed by atoms with Crippen LogP contribution in [-0.4, -0.2) is 56.1 Å². The van der Waals surface area contributed by atoms with Crippen molar-refractivity contribution >= 4 is 16.2 Å². The van der Waals surface area contributed by atoms with Gasteiger partial charge in [-0.15, -0.1) is 0 Å². The average Bonchev–Trinajstić information content (AvgIpc) is 2.86. The van der Waals surface area contributed by atoms with Crippen molar-refractivity contribution in [3.63, 3.8) is 0 Å². The van der Waals surface area contributed by atoms with E-state index in [0.29, 0.717) is 0 Å². The summed E-state index contributed by atoms with van der Waals surface area (Å²) in [7, 11) is -2.11. The molecule has 0 spiro atoms. The smallest absolute Gasteiger partial charge is 0.310 e. The van der Waals surface area contributed by atoms with E-state index in [0.717, 1.165) is 32.1 Å². The Morgan fingerprint density at radius 1 is 1.25 bits per heavy atom. The molecule has 1 saturated carbocycles. The maximum Gasteiger partial charge on any atom is 0.310 e. The second-order valence-corrected chi connectivity index (χ2v) is 7.28. The molecule has 2 fully saturated rings. The highest BCUT2D eigenvalue weighted by Crippen LogP contribution is 2.24. The van der Waals surface area contributed by atoms with Gasteiger partial charge < -0.3 is 9.84 Å². The Balaban J connectivity index is 2.00. The summed E-state index contributed by atoms with van der Waals surface area (Å²) < 4.78 is 33.5. The summed E-state index contributed by atoms with van der Waals surface area (Å²) >= 11 is 0. The zero-order valence-corrected chi connectivity index (χ0v) is 12.4. The molecule has 0 amide bonds. The van der Waals surface area contributed by atoms with Crippen LogP contribution in [0, 0.1) is 5.92 Å². The first-order valence-electron chi connectivity index (χ1n) is 6.97. The predicted octanol–water partition coefficient (Wildman–Crippen LogP) is 0.185. The maximum absolute atomic E-state index is 12.3. The summed E-state index contributed by atoms with van der Waals surface area (Å²) in [5.74, 6) is -1.85. The average molecular weight is 306 g/mol. The Labute approximate surface area is 119 Å². The Bertz CT molecular complexity index is 447. The quantitative estimate of drug-likeness (QED) is 0.755. The first-order valence-corrected chi connectivity index (χ1v) is 8.41. The zero-order valence-electron chi connectivity index (χ0n) is 11.6. The number of aliphatic carboxylic acids is 1. The van der Waals surface area contributed by atoms with Gasteiger partial charge in [-0.2, -0.15) is 17.4 Å². The maximum atomic E-state index is 12.3. The summed E-state index contributed by atoms with van der Waals surface area (Å²) in [5, 5.41) is 9.04. The lowest BCUT2D eigenvalue weighted by Crippen LogP contribution is -2.51. The molecule has 2 unspecified atom stereocenters. The molecule has 1 saturated heterocycles. The number of hydrogen-bond donors (Lipinski definition) is 2. The van der Waals surface area contributed by atoms with Gasteiger partial charge in [-0.1, -0.05) is 19.3 Å². The van der Waals surface area contributed by atoms with Crippen LogP contribution in [0.4, 0.5) is 0 Å². The second-order valence-electron chi connectivity index (χ2n) is 5.52. The van der Waals surface area contributed by atoms with Crippen molar-refractivity contribution in [2.24, 2.45) is 5.92 Å². The van der Waals surface area contributed by atoms with Crippen molar-refractivity contribution in [3.8, 4) is 0 Å². The molecule has 1 aliphatic carbocycles. The van der Waals surface area contributed by atoms with Crippen LogP contribution in [0.25, 0.3) is 0 Å². The molecular formula is C12H22N2O5S. The minimum atomic E-state index is -3.67. The van der Waals surface area contributed by atoms with Gasteiger partial charge in [0.05, 0.1) is 25.2 Å². The number of nitrogens with one attached hydrogen (secondary N) is 1. The van der Waals surface area contributed by atoms with Crippen LogP contribution < -0.4 is 4.72 Å². The SMILES string of the molecule is CN(C1CCCCC1)S(=O)(=O)NC1COCC1C(=O)O. The molecule has 0 bridgehead atoms. The molecule has 0 radical (unpaired) electrons. The van der Waals surface area contributed by atoms with Crippen molar-refractivity contribution in [1.29, 1.82) is 0 Å². The molecule has 20 heavy (non-hydrogen) atoms. The molecule has 2 atom stereocenters. The first-order chi connectivity index (χ1) is 9.42. The van der Waals surface area contributed by atoms with E-state index in [9.17, 15) is 13.2 Å². The van der Waals surface area contributed by atoms with Crippen molar-refractivity contribution in [1.82, 2.24) is 9.03 Å². The van der Waals surface area contributed by atoms with Crippen molar-refractivity contribution in [2.75, 3.05) is 20.3 Å². The van der Waals surface area contributed by atoms with Gasteiger partial charge in [-0.05, 0) is 12.8 Å². The molecule has 2 N–H and O–H groups in total. The number of rotatable bonds is 5. The number of carboxylic acids is 1. The minimum Gasteiger partial charge on any atom is -0.481 e. The van der Waals surface area contributed by atoms with E-state index in [4.69, 9.17) is 9.84 Å². The van der Waals surface area contributed by atoms with Gasteiger partial charge in [-0.25, -0.2) is 0 Å². The largest absolute Gasteiger partial charge is 0.481 e. The highest BCUT2D eigenvalue weighted by atomic mass is 32.2. The number of nitrogens with zero attached hydrogens (tertiary/aromatic N) is 1. The van der Waals surface area contributed by atoms with Crippen molar-refractivity contribution < 1.29 is 23.1 Å². The van der Waals surface area contributed by atoms with Crippen LogP contribution in [0.15, 0.2) is 0 Å². The number of carboxylic acid groups (broad SMARTS) is 1. The number of ether oxygens (including phenoxy) is 1. The van der Waals surface area contributed by atoms with Gasteiger partial charge in [0.15, 0.2) is 0 Å². The molecule has 2 rings (SSSR count). The third-order valence-corrected chi connectivity index (χ3v) is 5.82. The van der Waals surface area contributed by atoms with Crippen molar-refractivity contribution in [3.05, 3.63) is 0 Å². The topological polar surface area (TPSA) is 95.9 Å². The molecule has 1 aliphatic heterocycles. The van der Waals surface area contributed by atoms with E-state index in [1.165, 1.54) is 4.31 Å². The van der Waals surface area contributed by atoms with E-state index in [2.05, 4.69) is 4.72 Å². The summed E-state index contributed by atoms with van der Waals surface area (Å²) in [6.07, 6.45) is 4.95. The van der Waals surface area contributed by atoms with Gasteiger partial charge in [0.25, 0.3) is 10.2 Å². The molecule has 1 heterocycles. The summed E-state index contributed by atoms with van der Waals surface area (Å²) in [6, 6.07) is -0.685. The second kappa shape index (κ2) is 6.38. The van der Waals surface area contributed by atoms with Crippen molar-refractivity contribution in [2.45, 2.75) is 44.2 Å². The molecule has 7 nitrogen and oxygen atoms in total. The Morgan fingerprint density at radius 3 is 2.50 bits per heavy atom. The molecule has 0 aromatic heterocycles. The van der Waals surface area contributed by atoms with Crippen LogP contribution in [0.2, 0.25) is 0 Å². The van der Waals surface area contributed by atoms with E-state index >= 15 is 0 Å². The molecular weight excluding hydrogens is 284 g/mol. The zero-order chi connectivity index (χ0) is 14.8. The first kappa shape index (κ1) is 15.7. The fraction of sp³-hybridized carbons (Fsp3) is 0.917. The molecule has 116 valence electrons. The highest BCUT2D eigenvalue weighted by Gasteiger charge is 2.38. The number of hydrogen-bond acceptors (Lipinski definition) is 4. The summed E-state index contributed by atoms with van der Waals surface area (Å²) in [5.41, 5.74) is 0. The molecule has 0 aromatic rings. The van der Waals surface area contributed by atoms with Gasteiger partial charge in [0.2, 0.25) is 0 Å². The number of carbonyl (C=O) groups is 1. The minimum absolute atomic E-state index is 0.00634. The lowest BCUT2D eigenvalue weighted by atomic mass is 9.96. The van der Waals surface area contributed by atoms with E-state index < -0.39 is 28.1 Å². The summed E-state index contributed by atoms with van der Waals surface area (Å²) in [6.45, 7) is 0.157. The Hall–Kier alpha value is -0.700. The summed E-state index contributed by atoms with van der Waals surface area (Å²) in [4.78, 5) is 11.0. The highest BCUT2D eigenvalue weighted by molar-refractivity contribution is 7.87. The van der Waals surface area contributed by atoms with Crippen LogP contribution in [0.3, 0.4) is 0 Å². The standard InChI is InChI=1S/C12H22N2O5S/c1-14(9-5-3-2-4-6-9)20(17,18)13-11-8-19-7-10(11)12(15)16/h9-11,13H,2-8H2,1H3,(H,15,16). The van der Waals surface area contributed by atoms with E-state index in [1.54, 1.807) is 7.05 Å². The lowest BCUT2D eigenvalue weighted by Gasteiger charge is -2.31. The van der Waals surface area contributed by atoms with Gasteiger partial charge in [0.1, 0.15) is 0 Å². The van der Waals surface area contributed by atoms with Gasteiger partial charge >= 0.3 is 5.97 Å². The van der Waals surface area contributed by atoms with Crippen LogP contribution in [0.1, 0.15) is 32.1 Å². The van der Waals surface area contributed by atoms with Crippen LogP contribution in [0.5, 0.6) is 0 Å². The third-order valence-electron chi connectivity index (χ3n) is 4.17. The fourth-order valence-corrected chi connectivity index (χ4v) is 4.21. The monoisotopic (exact) mass is 306 g/mol.